The Kier molecular flexibility index (Phi) is 5.77. The topological polar surface area (TPSA) is 49.3 Å². The lowest BCUT2D eigenvalue weighted by Gasteiger charge is -2.14. The molecule has 2 aromatic rings. The molecule has 116 valence electrons. The van der Waals surface area contributed by atoms with Gasteiger partial charge in [-0.2, -0.15) is 0 Å². The molecule has 0 saturated carbocycles. The SMILES string of the molecule is O=C(Cc1ccc(F)cc1)NCC(O)c1ccc(Cl)cc1Cl. The second kappa shape index (κ2) is 7.58. The zero-order valence-corrected chi connectivity index (χ0v) is 13.0. The summed E-state index contributed by atoms with van der Waals surface area (Å²) in [6.45, 7) is 0.0291. The third-order valence-corrected chi connectivity index (χ3v) is 3.65. The summed E-state index contributed by atoms with van der Waals surface area (Å²) in [4.78, 5) is 11.8. The first kappa shape index (κ1) is 16.7. The van der Waals surface area contributed by atoms with Crippen molar-refractivity contribution < 1.29 is 14.3 Å². The molecule has 0 aliphatic carbocycles. The molecular formula is C16H14Cl2FNO2. The highest BCUT2D eigenvalue weighted by Gasteiger charge is 2.13. The maximum absolute atomic E-state index is 12.8. The normalized spacial score (nSPS) is 12.0. The highest BCUT2D eigenvalue weighted by molar-refractivity contribution is 6.35. The average Bonchev–Trinajstić information content (AvgIpc) is 2.47. The van der Waals surface area contributed by atoms with Crippen molar-refractivity contribution in [1.82, 2.24) is 5.32 Å². The molecule has 0 fully saturated rings. The van der Waals surface area contributed by atoms with Crippen LogP contribution in [0.2, 0.25) is 10.0 Å². The quantitative estimate of drug-likeness (QED) is 0.873. The van der Waals surface area contributed by atoms with Crippen LogP contribution in [0.5, 0.6) is 0 Å². The van der Waals surface area contributed by atoms with Gasteiger partial charge in [-0.25, -0.2) is 4.39 Å². The lowest BCUT2D eigenvalue weighted by Crippen LogP contribution is -2.29. The van der Waals surface area contributed by atoms with Crippen molar-refractivity contribution in [2.75, 3.05) is 6.54 Å². The predicted molar refractivity (Wildman–Crippen MR) is 84.5 cm³/mol. The Bertz CT molecular complexity index is 662. The number of hydrogen-bond donors (Lipinski definition) is 2. The van der Waals surface area contributed by atoms with Crippen LogP contribution in [0.3, 0.4) is 0 Å². The van der Waals surface area contributed by atoms with Crippen molar-refractivity contribution in [2.45, 2.75) is 12.5 Å². The lowest BCUT2D eigenvalue weighted by atomic mass is 10.1. The maximum Gasteiger partial charge on any atom is 0.224 e. The van der Waals surface area contributed by atoms with E-state index in [1.54, 1.807) is 24.3 Å². The zero-order chi connectivity index (χ0) is 16.1. The van der Waals surface area contributed by atoms with E-state index < -0.39 is 6.10 Å². The van der Waals surface area contributed by atoms with E-state index in [0.717, 1.165) is 0 Å². The van der Waals surface area contributed by atoms with Crippen LogP contribution in [0.1, 0.15) is 17.2 Å². The van der Waals surface area contributed by atoms with E-state index in [0.29, 0.717) is 21.2 Å². The number of carbonyl (C=O) groups excluding carboxylic acids is 1. The van der Waals surface area contributed by atoms with Crippen molar-refractivity contribution in [1.29, 1.82) is 0 Å². The van der Waals surface area contributed by atoms with Gasteiger partial charge in [0.2, 0.25) is 5.91 Å². The molecule has 3 nitrogen and oxygen atoms in total. The molecule has 0 aliphatic rings. The number of aliphatic hydroxyl groups is 1. The Morgan fingerprint density at radius 1 is 1.18 bits per heavy atom. The number of rotatable bonds is 5. The lowest BCUT2D eigenvalue weighted by molar-refractivity contribution is -0.120. The first-order valence-electron chi connectivity index (χ1n) is 6.60. The fourth-order valence-electron chi connectivity index (χ4n) is 1.94. The summed E-state index contributed by atoms with van der Waals surface area (Å²) in [6, 6.07) is 10.4. The van der Waals surface area contributed by atoms with Crippen molar-refractivity contribution in [2.24, 2.45) is 0 Å². The van der Waals surface area contributed by atoms with Gasteiger partial charge in [-0.05, 0) is 29.8 Å². The van der Waals surface area contributed by atoms with E-state index in [2.05, 4.69) is 5.32 Å². The van der Waals surface area contributed by atoms with Crippen LogP contribution >= 0.6 is 23.2 Å². The molecule has 0 heterocycles. The molecule has 0 spiro atoms. The van der Waals surface area contributed by atoms with Gasteiger partial charge in [0.25, 0.3) is 0 Å². The summed E-state index contributed by atoms with van der Waals surface area (Å²) < 4.78 is 12.8. The second-order valence-electron chi connectivity index (χ2n) is 4.79. The monoisotopic (exact) mass is 341 g/mol. The Hall–Kier alpha value is -1.62. The van der Waals surface area contributed by atoms with Crippen LogP contribution in [-0.4, -0.2) is 17.6 Å². The van der Waals surface area contributed by atoms with Crippen molar-refractivity contribution in [3.05, 3.63) is 69.5 Å². The van der Waals surface area contributed by atoms with E-state index in [1.807, 2.05) is 0 Å². The van der Waals surface area contributed by atoms with Gasteiger partial charge in [0.15, 0.2) is 0 Å². The van der Waals surface area contributed by atoms with Gasteiger partial charge >= 0.3 is 0 Å². The molecule has 1 unspecified atom stereocenters. The minimum absolute atomic E-state index is 0.0291. The fourth-order valence-corrected chi connectivity index (χ4v) is 2.48. The molecule has 0 aliphatic heterocycles. The third-order valence-electron chi connectivity index (χ3n) is 3.09. The summed E-state index contributed by atoms with van der Waals surface area (Å²) >= 11 is 11.8. The van der Waals surface area contributed by atoms with Gasteiger partial charge in [-0.3, -0.25) is 4.79 Å². The van der Waals surface area contributed by atoms with E-state index in [-0.39, 0.29) is 24.7 Å². The molecule has 1 amide bonds. The molecule has 1 atom stereocenters. The molecular weight excluding hydrogens is 328 g/mol. The molecule has 2 N–H and O–H groups in total. The molecule has 0 aromatic heterocycles. The zero-order valence-electron chi connectivity index (χ0n) is 11.5. The molecule has 2 rings (SSSR count). The second-order valence-corrected chi connectivity index (χ2v) is 5.63. The minimum atomic E-state index is -0.929. The van der Waals surface area contributed by atoms with Crippen LogP contribution in [-0.2, 0) is 11.2 Å². The summed E-state index contributed by atoms with van der Waals surface area (Å²) in [5.41, 5.74) is 1.19. The van der Waals surface area contributed by atoms with Gasteiger partial charge in [0, 0.05) is 22.2 Å². The van der Waals surface area contributed by atoms with Gasteiger partial charge in [-0.1, -0.05) is 41.4 Å². The van der Waals surface area contributed by atoms with Crippen LogP contribution in [0.4, 0.5) is 4.39 Å². The number of aliphatic hydroxyl groups excluding tert-OH is 1. The Balaban J connectivity index is 1.88. The first-order valence-corrected chi connectivity index (χ1v) is 7.35. The summed E-state index contributed by atoms with van der Waals surface area (Å²) in [6.07, 6.45) is -0.816. The number of carbonyl (C=O) groups is 1. The highest BCUT2D eigenvalue weighted by Crippen LogP contribution is 2.25. The van der Waals surface area contributed by atoms with Crippen molar-refractivity contribution in [3.63, 3.8) is 0 Å². The number of amides is 1. The van der Waals surface area contributed by atoms with E-state index in [4.69, 9.17) is 23.2 Å². The van der Waals surface area contributed by atoms with Crippen LogP contribution < -0.4 is 5.32 Å². The third kappa shape index (κ3) is 4.70. The summed E-state index contributed by atoms with van der Waals surface area (Å²) in [5, 5.41) is 13.5. The van der Waals surface area contributed by atoms with Gasteiger partial charge < -0.3 is 10.4 Å². The van der Waals surface area contributed by atoms with Crippen LogP contribution in [0, 0.1) is 5.82 Å². The van der Waals surface area contributed by atoms with Crippen molar-refractivity contribution in [3.8, 4) is 0 Å². The Morgan fingerprint density at radius 2 is 1.86 bits per heavy atom. The van der Waals surface area contributed by atoms with E-state index in [1.165, 1.54) is 18.2 Å². The van der Waals surface area contributed by atoms with Crippen LogP contribution in [0.15, 0.2) is 42.5 Å². The molecule has 0 saturated heterocycles. The average molecular weight is 342 g/mol. The number of halogens is 3. The number of nitrogens with one attached hydrogen (secondary N) is 1. The summed E-state index contributed by atoms with van der Waals surface area (Å²) in [5.74, 6) is -0.618. The molecule has 22 heavy (non-hydrogen) atoms. The standard InChI is InChI=1S/C16H14Cl2FNO2/c17-11-3-6-13(14(18)8-11)15(21)9-20-16(22)7-10-1-4-12(19)5-2-10/h1-6,8,15,21H,7,9H2,(H,20,22). The molecule has 2 aromatic carbocycles. The Labute approximate surface area is 137 Å². The van der Waals surface area contributed by atoms with Gasteiger partial charge in [0.05, 0.1) is 12.5 Å². The minimum Gasteiger partial charge on any atom is -0.387 e. The maximum atomic E-state index is 12.8. The molecule has 0 radical (unpaired) electrons. The first-order chi connectivity index (χ1) is 10.5. The predicted octanol–water partition coefficient (Wildman–Crippen LogP) is 3.52. The fraction of sp³-hybridized carbons (Fsp3) is 0.188. The summed E-state index contributed by atoms with van der Waals surface area (Å²) in [7, 11) is 0. The van der Waals surface area contributed by atoms with Gasteiger partial charge in [-0.15, -0.1) is 0 Å². The van der Waals surface area contributed by atoms with E-state index in [9.17, 15) is 14.3 Å². The molecule has 6 heteroatoms. The Morgan fingerprint density at radius 3 is 2.50 bits per heavy atom. The van der Waals surface area contributed by atoms with Crippen LogP contribution in [0.25, 0.3) is 0 Å². The highest BCUT2D eigenvalue weighted by atomic mass is 35.5. The largest absolute Gasteiger partial charge is 0.387 e. The van der Waals surface area contributed by atoms with Gasteiger partial charge in [0.1, 0.15) is 5.82 Å². The smallest absolute Gasteiger partial charge is 0.224 e. The van der Waals surface area contributed by atoms with Crippen molar-refractivity contribution >= 4 is 29.1 Å². The number of hydrogen-bond acceptors (Lipinski definition) is 2. The number of benzene rings is 2. The van der Waals surface area contributed by atoms with E-state index >= 15 is 0 Å². The molecule has 0 bridgehead atoms.